The van der Waals surface area contributed by atoms with Crippen LogP contribution < -0.4 is 10.7 Å². The number of hydrogen-bond acceptors (Lipinski definition) is 4. The van der Waals surface area contributed by atoms with Crippen LogP contribution in [0.2, 0.25) is 0 Å². The molecular formula is C15H10F8N4O. The Kier molecular flexibility index (Phi) is 5.05. The van der Waals surface area contributed by atoms with Crippen molar-refractivity contribution in [2.75, 3.05) is 5.32 Å². The van der Waals surface area contributed by atoms with Crippen LogP contribution in [0.25, 0.3) is 0 Å². The highest BCUT2D eigenvalue weighted by atomic mass is 19.4. The first-order chi connectivity index (χ1) is 12.6. The van der Waals surface area contributed by atoms with Crippen LogP contribution in [-0.2, 0) is 11.0 Å². The number of carbonyl (C=O) groups is 1. The van der Waals surface area contributed by atoms with Gasteiger partial charge in [-0.2, -0.15) is 45.5 Å². The molecule has 1 heterocycles. The van der Waals surface area contributed by atoms with Gasteiger partial charge in [-0.05, 0) is 25.1 Å². The van der Waals surface area contributed by atoms with Crippen LogP contribution in [0.5, 0.6) is 0 Å². The maximum Gasteiger partial charge on any atom is 0.459 e. The molecule has 0 saturated heterocycles. The highest BCUT2D eigenvalue weighted by molar-refractivity contribution is 6.05. The minimum absolute atomic E-state index is 0.435. The summed E-state index contributed by atoms with van der Waals surface area (Å²) in [7, 11) is 0. The summed E-state index contributed by atoms with van der Waals surface area (Å²) >= 11 is 0. The number of alkyl halides is 8. The predicted molar refractivity (Wildman–Crippen MR) is 79.4 cm³/mol. The van der Waals surface area contributed by atoms with Crippen LogP contribution in [0.15, 0.2) is 23.3 Å². The van der Waals surface area contributed by atoms with Gasteiger partial charge in [-0.25, -0.2) is 0 Å². The highest BCUT2D eigenvalue weighted by Gasteiger charge is 2.63. The molecule has 0 aromatic heterocycles. The van der Waals surface area contributed by atoms with Gasteiger partial charge in [0.1, 0.15) is 11.3 Å². The fourth-order valence-corrected chi connectivity index (χ4v) is 2.30. The Labute approximate surface area is 152 Å². The van der Waals surface area contributed by atoms with Crippen LogP contribution in [0.3, 0.4) is 0 Å². The third kappa shape index (κ3) is 3.85. The normalized spacial score (nSPS) is 20.2. The van der Waals surface area contributed by atoms with Crippen molar-refractivity contribution >= 4 is 17.3 Å². The second-order valence-corrected chi connectivity index (χ2v) is 6.08. The molecule has 1 amide bonds. The molecule has 1 atom stereocenters. The third-order valence-electron chi connectivity index (χ3n) is 3.88. The molecule has 1 aromatic rings. The number of halogens is 8. The second-order valence-electron chi connectivity index (χ2n) is 6.08. The van der Waals surface area contributed by atoms with Gasteiger partial charge in [-0.1, -0.05) is 0 Å². The summed E-state index contributed by atoms with van der Waals surface area (Å²) in [6.45, 7) is 0.958. The van der Waals surface area contributed by atoms with E-state index in [9.17, 15) is 39.9 Å². The van der Waals surface area contributed by atoms with Crippen molar-refractivity contribution < 1.29 is 39.9 Å². The molecule has 0 saturated carbocycles. The van der Waals surface area contributed by atoms with Crippen molar-refractivity contribution in [3.63, 3.8) is 0 Å². The van der Waals surface area contributed by atoms with E-state index in [1.54, 1.807) is 0 Å². The maximum absolute atomic E-state index is 13.4. The van der Waals surface area contributed by atoms with Gasteiger partial charge in [0.05, 0.1) is 17.2 Å². The zero-order valence-electron chi connectivity index (χ0n) is 13.8. The summed E-state index contributed by atoms with van der Waals surface area (Å²) in [4.78, 5) is 12.3. The topological polar surface area (TPSA) is 77.3 Å². The van der Waals surface area contributed by atoms with Crippen molar-refractivity contribution in [2.24, 2.45) is 5.10 Å². The zero-order chi connectivity index (χ0) is 21.5. The molecule has 2 N–H and O–H groups in total. The number of rotatable bonds is 3. The summed E-state index contributed by atoms with van der Waals surface area (Å²) in [6, 6.07) is 3.51. The molecule has 13 heteroatoms. The van der Waals surface area contributed by atoms with Crippen LogP contribution in [0.1, 0.15) is 24.5 Å². The molecule has 0 aliphatic carbocycles. The molecule has 1 aliphatic rings. The molecule has 2 rings (SSSR count). The molecule has 28 heavy (non-hydrogen) atoms. The van der Waals surface area contributed by atoms with Gasteiger partial charge in [0.15, 0.2) is 0 Å². The van der Waals surface area contributed by atoms with E-state index >= 15 is 0 Å². The van der Waals surface area contributed by atoms with Crippen molar-refractivity contribution in [3.8, 4) is 6.07 Å². The minimum Gasteiger partial charge on any atom is -0.324 e. The zero-order valence-corrected chi connectivity index (χ0v) is 13.8. The lowest BCUT2D eigenvalue weighted by Crippen LogP contribution is -2.50. The number of nitrogens with one attached hydrogen (secondary N) is 2. The highest BCUT2D eigenvalue weighted by Crippen LogP contribution is 2.40. The molecule has 5 nitrogen and oxygen atoms in total. The average Bonchev–Trinajstić information content (AvgIpc) is 2.97. The molecule has 0 spiro atoms. The largest absolute Gasteiger partial charge is 0.459 e. The Morgan fingerprint density at radius 1 is 1.21 bits per heavy atom. The first-order valence-corrected chi connectivity index (χ1v) is 7.33. The molecule has 0 bridgehead atoms. The van der Waals surface area contributed by atoms with Gasteiger partial charge in [0.2, 0.25) is 0 Å². The van der Waals surface area contributed by atoms with E-state index in [1.165, 1.54) is 6.07 Å². The van der Waals surface area contributed by atoms with Crippen LogP contribution in [0, 0.1) is 11.3 Å². The fraction of sp³-hybridized carbons (Fsp3) is 0.400. The summed E-state index contributed by atoms with van der Waals surface area (Å²) in [5.74, 6) is -6.47. The van der Waals surface area contributed by atoms with E-state index in [4.69, 9.17) is 5.26 Å². The van der Waals surface area contributed by atoms with Crippen LogP contribution in [-0.4, -0.2) is 29.3 Å². The predicted octanol–water partition coefficient (Wildman–Crippen LogP) is 3.82. The Hall–Kier alpha value is -2.91. The number of carbonyl (C=O) groups excluding carboxylic acids is 1. The smallest absolute Gasteiger partial charge is 0.324 e. The van der Waals surface area contributed by atoms with Crippen molar-refractivity contribution in [1.82, 2.24) is 5.43 Å². The van der Waals surface area contributed by atoms with E-state index in [0.29, 0.717) is 6.07 Å². The van der Waals surface area contributed by atoms with Crippen molar-refractivity contribution in [3.05, 3.63) is 29.3 Å². The Morgan fingerprint density at radius 3 is 2.32 bits per heavy atom. The lowest BCUT2D eigenvalue weighted by atomic mass is 9.93. The van der Waals surface area contributed by atoms with Gasteiger partial charge < -0.3 is 5.32 Å². The lowest BCUT2D eigenvalue weighted by molar-refractivity contribution is -0.249. The van der Waals surface area contributed by atoms with E-state index < -0.39 is 58.7 Å². The Balaban J connectivity index is 2.22. The SMILES string of the molecule is CC1(C(=O)Nc2ccc(C#N)c(C(F)(F)F)c2)CC(C(F)(F)C(F)(F)F)=NN1. The quantitative estimate of drug-likeness (QED) is 0.739. The molecule has 1 unspecified atom stereocenters. The molecule has 0 fully saturated rings. The molecule has 152 valence electrons. The summed E-state index contributed by atoms with van der Waals surface area (Å²) in [5, 5.41) is 13.6. The van der Waals surface area contributed by atoms with Gasteiger partial charge in [-0.15, -0.1) is 0 Å². The van der Waals surface area contributed by atoms with E-state index in [0.717, 1.165) is 19.1 Å². The summed E-state index contributed by atoms with van der Waals surface area (Å²) < 4.78 is 103. The number of anilines is 1. The van der Waals surface area contributed by atoms with Gasteiger partial charge in [0.25, 0.3) is 5.91 Å². The number of amides is 1. The average molecular weight is 414 g/mol. The number of nitrogens with zero attached hydrogens (tertiary/aromatic N) is 2. The maximum atomic E-state index is 13.4. The minimum atomic E-state index is -5.93. The molecule has 1 aliphatic heterocycles. The number of nitriles is 1. The molecule has 0 radical (unpaired) electrons. The van der Waals surface area contributed by atoms with E-state index in [-0.39, 0.29) is 0 Å². The van der Waals surface area contributed by atoms with Gasteiger partial charge >= 0.3 is 18.3 Å². The van der Waals surface area contributed by atoms with Crippen LogP contribution >= 0.6 is 0 Å². The Morgan fingerprint density at radius 2 is 1.82 bits per heavy atom. The Bertz CT molecular complexity index is 868. The number of hydrogen-bond donors (Lipinski definition) is 2. The third-order valence-corrected chi connectivity index (χ3v) is 3.88. The van der Waals surface area contributed by atoms with Gasteiger partial charge in [0, 0.05) is 12.1 Å². The monoisotopic (exact) mass is 414 g/mol. The first-order valence-electron chi connectivity index (χ1n) is 7.33. The number of benzene rings is 1. The lowest BCUT2D eigenvalue weighted by Gasteiger charge is -2.24. The van der Waals surface area contributed by atoms with Crippen molar-refractivity contribution in [1.29, 1.82) is 5.26 Å². The van der Waals surface area contributed by atoms with Crippen LogP contribution in [0.4, 0.5) is 40.8 Å². The van der Waals surface area contributed by atoms with E-state index in [2.05, 4.69) is 5.10 Å². The molecule has 1 aromatic carbocycles. The summed E-state index contributed by atoms with van der Waals surface area (Å²) in [5.41, 5.74) is -4.32. The second kappa shape index (κ2) is 6.61. The first kappa shape index (κ1) is 21.4. The standard InChI is InChI=1S/C15H10F8N4O/c1-12(5-10(26-27-12)13(16,17)15(21,22)23)11(28)25-8-3-2-7(6-24)9(4-8)14(18,19)20/h2-4,27H,5H2,1H3,(H,25,28). The van der Waals surface area contributed by atoms with Crippen molar-refractivity contribution in [2.45, 2.75) is 37.2 Å². The van der Waals surface area contributed by atoms with E-state index in [1.807, 2.05) is 10.7 Å². The fourth-order valence-electron chi connectivity index (χ4n) is 2.30. The number of hydrazone groups is 1. The van der Waals surface area contributed by atoms with Gasteiger partial charge in [-0.3, -0.25) is 10.2 Å². The summed E-state index contributed by atoms with van der Waals surface area (Å²) in [6.07, 6.45) is -12.0. The molecular weight excluding hydrogens is 404 g/mol.